The first kappa shape index (κ1) is 21.3. The van der Waals surface area contributed by atoms with Crippen LogP contribution in [0.4, 0.5) is 5.69 Å². The second-order valence-corrected chi connectivity index (χ2v) is 8.12. The molecule has 2 unspecified atom stereocenters. The van der Waals surface area contributed by atoms with Crippen molar-refractivity contribution < 1.29 is 9.53 Å². The van der Waals surface area contributed by atoms with Gasteiger partial charge in [0.25, 0.3) is 0 Å². The third-order valence-electron chi connectivity index (χ3n) is 5.85. The molecule has 2 atom stereocenters. The second-order valence-electron chi connectivity index (χ2n) is 8.12. The average Bonchev–Trinajstić information content (AvgIpc) is 3.20. The number of fused-ring (bicyclic) bond motifs is 1. The summed E-state index contributed by atoms with van der Waals surface area (Å²) in [4.78, 5) is 20.6. The Morgan fingerprint density at radius 2 is 1.94 bits per heavy atom. The van der Waals surface area contributed by atoms with Crippen LogP contribution in [-0.2, 0) is 22.6 Å². The van der Waals surface area contributed by atoms with Crippen molar-refractivity contribution in [1.29, 1.82) is 0 Å². The van der Waals surface area contributed by atoms with E-state index in [1.165, 1.54) is 12.5 Å². The standard InChI is InChI=1S/C24H31N5O2/c1-18(30)27-21-10-6-9-20(13-21)14-26-24(25-2)29-16-22-23(17-29)31-12-11-28(22)15-19-7-4-3-5-8-19/h3-10,13,22-23H,11-12,14-17H2,1-2H3,(H,25,26)(H,27,30). The van der Waals surface area contributed by atoms with Crippen molar-refractivity contribution in [2.75, 3.05) is 38.6 Å². The molecule has 0 bridgehead atoms. The number of aliphatic imine (C=N–C) groups is 1. The van der Waals surface area contributed by atoms with Gasteiger partial charge in [0.2, 0.25) is 5.91 Å². The van der Waals surface area contributed by atoms with Crippen molar-refractivity contribution in [1.82, 2.24) is 15.1 Å². The first-order valence-corrected chi connectivity index (χ1v) is 10.8. The zero-order valence-corrected chi connectivity index (χ0v) is 18.3. The first-order chi connectivity index (χ1) is 15.1. The average molecular weight is 422 g/mol. The fourth-order valence-electron chi connectivity index (χ4n) is 4.42. The molecule has 2 aliphatic heterocycles. The van der Waals surface area contributed by atoms with Crippen LogP contribution in [0.5, 0.6) is 0 Å². The largest absolute Gasteiger partial charge is 0.373 e. The number of anilines is 1. The van der Waals surface area contributed by atoms with Crippen LogP contribution in [-0.4, -0.2) is 67.1 Å². The SMILES string of the molecule is CN=C(NCc1cccc(NC(C)=O)c1)N1CC2OCCN(Cc3ccccc3)C2C1. The number of amides is 1. The molecule has 31 heavy (non-hydrogen) atoms. The van der Waals surface area contributed by atoms with Gasteiger partial charge >= 0.3 is 0 Å². The molecule has 0 radical (unpaired) electrons. The number of hydrogen-bond acceptors (Lipinski definition) is 4. The molecule has 2 saturated heterocycles. The van der Waals surface area contributed by atoms with Crippen LogP contribution in [0.15, 0.2) is 59.6 Å². The molecule has 164 valence electrons. The summed E-state index contributed by atoms with van der Waals surface area (Å²) in [5, 5.41) is 6.30. The summed E-state index contributed by atoms with van der Waals surface area (Å²) >= 11 is 0. The molecule has 0 spiro atoms. The zero-order chi connectivity index (χ0) is 21.6. The maximum absolute atomic E-state index is 11.3. The van der Waals surface area contributed by atoms with E-state index < -0.39 is 0 Å². The van der Waals surface area contributed by atoms with E-state index in [0.717, 1.165) is 50.0 Å². The fraction of sp³-hybridized carbons (Fsp3) is 0.417. The number of rotatable bonds is 5. The van der Waals surface area contributed by atoms with E-state index in [9.17, 15) is 4.79 Å². The summed E-state index contributed by atoms with van der Waals surface area (Å²) in [6, 6.07) is 18.9. The highest BCUT2D eigenvalue weighted by Gasteiger charge is 2.41. The molecule has 0 aromatic heterocycles. The third-order valence-corrected chi connectivity index (χ3v) is 5.85. The van der Waals surface area contributed by atoms with Crippen LogP contribution >= 0.6 is 0 Å². The lowest BCUT2D eigenvalue weighted by atomic mass is 10.1. The molecule has 7 nitrogen and oxygen atoms in total. The van der Waals surface area contributed by atoms with Crippen molar-refractivity contribution in [3.8, 4) is 0 Å². The lowest BCUT2D eigenvalue weighted by Gasteiger charge is -2.36. The highest BCUT2D eigenvalue weighted by atomic mass is 16.5. The molecule has 2 aromatic carbocycles. The predicted molar refractivity (Wildman–Crippen MR) is 123 cm³/mol. The molecular weight excluding hydrogens is 390 g/mol. The van der Waals surface area contributed by atoms with Gasteiger partial charge in [0, 0.05) is 52.4 Å². The molecule has 0 aliphatic carbocycles. The lowest BCUT2D eigenvalue weighted by molar-refractivity contribution is -0.114. The quantitative estimate of drug-likeness (QED) is 0.573. The number of ether oxygens (including phenoxy) is 1. The van der Waals surface area contributed by atoms with Crippen LogP contribution < -0.4 is 10.6 Å². The van der Waals surface area contributed by atoms with Gasteiger partial charge < -0.3 is 20.3 Å². The van der Waals surface area contributed by atoms with Crippen molar-refractivity contribution in [3.05, 3.63) is 65.7 Å². The van der Waals surface area contributed by atoms with Crippen LogP contribution in [0.2, 0.25) is 0 Å². The summed E-state index contributed by atoms with van der Waals surface area (Å²) in [6.07, 6.45) is 0.194. The van der Waals surface area contributed by atoms with E-state index in [4.69, 9.17) is 4.74 Å². The van der Waals surface area contributed by atoms with Gasteiger partial charge in [-0.25, -0.2) is 0 Å². The molecule has 1 amide bonds. The first-order valence-electron chi connectivity index (χ1n) is 10.8. The number of nitrogens with zero attached hydrogens (tertiary/aromatic N) is 3. The topological polar surface area (TPSA) is 69.2 Å². The zero-order valence-electron chi connectivity index (χ0n) is 18.3. The van der Waals surface area contributed by atoms with Crippen LogP contribution in [0.25, 0.3) is 0 Å². The Morgan fingerprint density at radius 3 is 2.71 bits per heavy atom. The number of morpholine rings is 1. The Morgan fingerprint density at radius 1 is 1.13 bits per heavy atom. The summed E-state index contributed by atoms with van der Waals surface area (Å²) < 4.78 is 6.10. The van der Waals surface area contributed by atoms with E-state index in [-0.39, 0.29) is 12.0 Å². The molecule has 2 aliphatic rings. The lowest BCUT2D eigenvalue weighted by Crippen LogP contribution is -2.50. The van der Waals surface area contributed by atoms with Gasteiger partial charge in [-0.3, -0.25) is 14.7 Å². The number of guanidine groups is 1. The minimum Gasteiger partial charge on any atom is -0.373 e. The second kappa shape index (κ2) is 9.94. The van der Waals surface area contributed by atoms with E-state index in [0.29, 0.717) is 12.6 Å². The van der Waals surface area contributed by atoms with Gasteiger partial charge in [-0.15, -0.1) is 0 Å². The van der Waals surface area contributed by atoms with Gasteiger partial charge in [0.1, 0.15) is 0 Å². The molecular formula is C24H31N5O2. The molecule has 0 saturated carbocycles. The molecule has 2 aromatic rings. The minimum atomic E-state index is -0.0688. The monoisotopic (exact) mass is 421 g/mol. The van der Waals surface area contributed by atoms with Gasteiger partial charge in [0.05, 0.1) is 18.8 Å². The highest BCUT2D eigenvalue weighted by Crippen LogP contribution is 2.24. The Hall–Kier alpha value is -2.90. The van der Waals surface area contributed by atoms with E-state index in [2.05, 4.69) is 55.8 Å². The van der Waals surface area contributed by atoms with Crippen molar-refractivity contribution in [3.63, 3.8) is 0 Å². The van der Waals surface area contributed by atoms with Crippen LogP contribution in [0.1, 0.15) is 18.1 Å². The number of nitrogens with one attached hydrogen (secondary N) is 2. The minimum absolute atomic E-state index is 0.0688. The van der Waals surface area contributed by atoms with Gasteiger partial charge in [-0.05, 0) is 23.3 Å². The summed E-state index contributed by atoms with van der Waals surface area (Å²) in [6.45, 7) is 6.55. The number of carbonyl (C=O) groups is 1. The smallest absolute Gasteiger partial charge is 0.221 e. The number of likely N-dealkylation sites (tertiary alicyclic amines) is 1. The van der Waals surface area contributed by atoms with Gasteiger partial charge in [-0.2, -0.15) is 0 Å². The maximum Gasteiger partial charge on any atom is 0.221 e. The number of benzene rings is 2. The Labute approximate surface area is 184 Å². The van der Waals surface area contributed by atoms with E-state index in [1.807, 2.05) is 31.3 Å². The van der Waals surface area contributed by atoms with Gasteiger partial charge in [-0.1, -0.05) is 42.5 Å². The van der Waals surface area contributed by atoms with Gasteiger partial charge in [0.15, 0.2) is 5.96 Å². The fourth-order valence-corrected chi connectivity index (χ4v) is 4.42. The van der Waals surface area contributed by atoms with Crippen molar-refractivity contribution >= 4 is 17.6 Å². The Bertz CT molecular complexity index is 917. The predicted octanol–water partition coefficient (Wildman–Crippen LogP) is 2.31. The van der Waals surface area contributed by atoms with E-state index >= 15 is 0 Å². The molecule has 2 heterocycles. The number of hydrogen-bond donors (Lipinski definition) is 2. The normalized spacial score (nSPS) is 21.6. The van der Waals surface area contributed by atoms with E-state index in [1.54, 1.807) is 0 Å². The van der Waals surface area contributed by atoms with Crippen molar-refractivity contribution in [2.24, 2.45) is 4.99 Å². The van der Waals surface area contributed by atoms with Crippen LogP contribution in [0, 0.1) is 0 Å². The third kappa shape index (κ3) is 5.42. The summed E-state index contributed by atoms with van der Waals surface area (Å²) in [5.74, 6) is 0.809. The van der Waals surface area contributed by atoms with Crippen molar-refractivity contribution in [2.45, 2.75) is 32.2 Å². The summed E-state index contributed by atoms with van der Waals surface area (Å²) in [5.41, 5.74) is 3.23. The molecule has 4 rings (SSSR count). The molecule has 2 fully saturated rings. The maximum atomic E-state index is 11.3. The molecule has 7 heteroatoms. The Balaban J connectivity index is 1.37. The molecule has 2 N–H and O–H groups in total. The van der Waals surface area contributed by atoms with Crippen LogP contribution in [0.3, 0.4) is 0 Å². The highest BCUT2D eigenvalue weighted by molar-refractivity contribution is 5.88. The number of carbonyl (C=O) groups excluding carboxylic acids is 1. The summed E-state index contributed by atoms with van der Waals surface area (Å²) in [7, 11) is 1.82. The Kier molecular flexibility index (Phi) is 6.84.